The second kappa shape index (κ2) is 6.46. The predicted octanol–water partition coefficient (Wildman–Crippen LogP) is 1.39. The van der Waals surface area contributed by atoms with E-state index < -0.39 is 7.26 Å². The van der Waals surface area contributed by atoms with Crippen molar-refractivity contribution in [3.05, 3.63) is 22.8 Å². The van der Waals surface area contributed by atoms with Crippen molar-refractivity contribution >= 4 is 7.26 Å². The SMILES string of the molecule is Cc1cc(O)c(C)c2c1OC(C)(CC[P+](C)(C)C)CC2.[Br-]. The minimum atomic E-state index is -0.759. The maximum absolute atomic E-state index is 9.95. The second-order valence-corrected chi connectivity index (χ2v) is 12.5. The lowest BCUT2D eigenvalue weighted by Gasteiger charge is -2.38. The molecule has 0 aromatic heterocycles. The van der Waals surface area contributed by atoms with E-state index in [2.05, 4.69) is 26.9 Å². The largest absolute Gasteiger partial charge is 1.00 e. The summed E-state index contributed by atoms with van der Waals surface area (Å²) in [6, 6.07) is 1.83. The van der Waals surface area contributed by atoms with Crippen LogP contribution in [0.5, 0.6) is 11.5 Å². The van der Waals surface area contributed by atoms with Gasteiger partial charge in [-0.15, -0.1) is 0 Å². The number of phenolic OH excluding ortho intramolecular Hbond substituents is 1. The quantitative estimate of drug-likeness (QED) is 0.810. The van der Waals surface area contributed by atoms with Crippen LogP contribution < -0.4 is 21.7 Å². The molecule has 1 aromatic rings. The van der Waals surface area contributed by atoms with E-state index >= 15 is 0 Å². The smallest absolute Gasteiger partial charge is 0.126 e. The summed E-state index contributed by atoms with van der Waals surface area (Å²) in [6.45, 7) is 13.4. The number of rotatable bonds is 3. The van der Waals surface area contributed by atoms with Gasteiger partial charge in [-0.1, -0.05) is 0 Å². The first kappa shape index (κ1) is 18.8. The predicted molar refractivity (Wildman–Crippen MR) is 89.1 cm³/mol. The molecule has 2 nitrogen and oxygen atoms in total. The summed E-state index contributed by atoms with van der Waals surface area (Å²) in [5.41, 5.74) is 3.19. The van der Waals surface area contributed by atoms with E-state index in [9.17, 15) is 5.11 Å². The van der Waals surface area contributed by atoms with Gasteiger partial charge in [0.1, 0.15) is 17.1 Å². The van der Waals surface area contributed by atoms with Gasteiger partial charge in [-0.3, -0.25) is 0 Å². The first-order valence-corrected chi connectivity index (χ1v) is 10.7. The summed E-state index contributed by atoms with van der Waals surface area (Å²) in [5, 5.41) is 9.95. The standard InChI is InChI=1S/C17H27O2P.BrH/c1-12-11-15(18)13(2)14-7-8-17(3,19-16(12)14)9-10-20(4,5)6;/h11H,7-10H2,1-6H3;1H. The fourth-order valence-corrected chi connectivity index (χ4v) is 3.96. The van der Waals surface area contributed by atoms with Gasteiger partial charge in [0, 0.05) is 39.2 Å². The van der Waals surface area contributed by atoms with Crippen LogP contribution in [0, 0.1) is 13.8 Å². The van der Waals surface area contributed by atoms with Crippen molar-refractivity contribution in [2.75, 3.05) is 26.2 Å². The Kier molecular flexibility index (Phi) is 5.78. The van der Waals surface area contributed by atoms with Crippen LogP contribution in [0.1, 0.15) is 36.5 Å². The second-order valence-electron chi connectivity index (χ2n) is 7.46. The highest BCUT2D eigenvalue weighted by atomic mass is 79.9. The van der Waals surface area contributed by atoms with Crippen molar-refractivity contribution in [2.45, 2.75) is 45.6 Å². The lowest BCUT2D eigenvalue weighted by Crippen LogP contribution is -3.00. The average molecular weight is 375 g/mol. The van der Waals surface area contributed by atoms with E-state index in [1.807, 2.05) is 19.9 Å². The lowest BCUT2D eigenvalue weighted by atomic mass is 9.87. The first-order chi connectivity index (χ1) is 9.11. The molecule has 0 radical (unpaired) electrons. The molecule has 1 aromatic carbocycles. The van der Waals surface area contributed by atoms with E-state index in [0.717, 1.165) is 36.1 Å². The minimum absolute atomic E-state index is 0. The third-order valence-electron chi connectivity index (χ3n) is 4.39. The number of aryl methyl sites for hydroxylation is 1. The Labute approximate surface area is 140 Å². The van der Waals surface area contributed by atoms with Crippen LogP contribution in [0.4, 0.5) is 0 Å². The molecule has 0 fully saturated rings. The van der Waals surface area contributed by atoms with Crippen LogP contribution in [0.25, 0.3) is 0 Å². The monoisotopic (exact) mass is 374 g/mol. The van der Waals surface area contributed by atoms with Gasteiger partial charge in [0.2, 0.25) is 0 Å². The van der Waals surface area contributed by atoms with Gasteiger partial charge in [0.25, 0.3) is 0 Å². The molecule has 1 unspecified atom stereocenters. The average Bonchev–Trinajstić information content (AvgIpc) is 2.33. The zero-order chi connectivity index (χ0) is 15.1. The molecule has 1 heterocycles. The van der Waals surface area contributed by atoms with Crippen LogP contribution in [0.15, 0.2) is 6.07 Å². The molecular formula is C17H28BrO2P. The lowest BCUT2D eigenvalue weighted by molar-refractivity contribution is -0.00000986. The van der Waals surface area contributed by atoms with Crippen molar-refractivity contribution in [3.8, 4) is 11.5 Å². The third-order valence-corrected chi connectivity index (χ3v) is 5.95. The van der Waals surface area contributed by atoms with Gasteiger partial charge in [-0.05, 0) is 50.8 Å². The zero-order valence-electron chi connectivity index (χ0n) is 14.1. The van der Waals surface area contributed by atoms with Gasteiger partial charge in [0.05, 0.1) is 6.16 Å². The Morgan fingerprint density at radius 2 is 1.90 bits per heavy atom. The van der Waals surface area contributed by atoms with Crippen LogP contribution in [-0.4, -0.2) is 36.9 Å². The number of fused-ring (bicyclic) bond motifs is 1. The summed E-state index contributed by atoms with van der Waals surface area (Å²) in [5.74, 6) is 1.41. The molecule has 4 heteroatoms. The summed E-state index contributed by atoms with van der Waals surface area (Å²) in [7, 11) is -0.759. The van der Waals surface area contributed by atoms with Crippen LogP contribution >= 0.6 is 7.26 Å². The van der Waals surface area contributed by atoms with Gasteiger partial charge in [-0.2, -0.15) is 0 Å². The Morgan fingerprint density at radius 1 is 1.29 bits per heavy atom. The van der Waals surface area contributed by atoms with E-state index in [1.54, 1.807) is 0 Å². The molecule has 120 valence electrons. The van der Waals surface area contributed by atoms with Crippen molar-refractivity contribution in [1.29, 1.82) is 0 Å². The molecule has 1 atom stereocenters. The molecule has 0 aliphatic carbocycles. The van der Waals surface area contributed by atoms with Gasteiger partial charge < -0.3 is 26.8 Å². The molecular weight excluding hydrogens is 347 g/mol. The fourth-order valence-electron chi connectivity index (χ4n) is 2.82. The Bertz CT molecular complexity index is 523. The first-order valence-electron chi connectivity index (χ1n) is 7.43. The van der Waals surface area contributed by atoms with Crippen LogP contribution in [0.3, 0.4) is 0 Å². The van der Waals surface area contributed by atoms with Gasteiger partial charge in [-0.25, -0.2) is 0 Å². The maximum atomic E-state index is 9.95. The number of hydrogen-bond acceptors (Lipinski definition) is 2. The molecule has 1 aliphatic heterocycles. The Morgan fingerprint density at radius 3 is 2.48 bits per heavy atom. The van der Waals surface area contributed by atoms with Crippen molar-refractivity contribution in [3.63, 3.8) is 0 Å². The molecule has 21 heavy (non-hydrogen) atoms. The summed E-state index contributed by atoms with van der Waals surface area (Å²) in [6.07, 6.45) is 4.46. The molecule has 2 rings (SSSR count). The summed E-state index contributed by atoms with van der Waals surface area (Å²) < 4.78 is 6.39. The van der Waals surface area contributed by atoms with E-state index in [1.165, 1.54) is 11.7 Å². The highest BCUT2D eigenvalue weighted by molar-refractivity contribution is 7.73. The van der Waals surface area contributed by atoms with E-state index in [-0.39, 0.29) is 22.6 Å². The van der Waals surface area contributed by atoms with Crippen LogP contribution in [0.2, 0.25) is 0 Å². The molecule has 0 saturated heterocycles. The minimum Gasteiger partial charge on any atom is -1.00 e. The van der Waals surface area contributed by atoms with Gasteiger partial charge >= 0.3 is 0 Å². The number of halogens is 1. The fraction of sp³-hybridized carbons (Fsp3) is 0.647. The summed E-state index contributed by atoms with van der Waals surface area (Å²) in [4.78, 5) is 0. The number of benzene rings is 1. The van der Waals surface area contributed by atoms with Crippen molar-refractivity contribution in [2.24, 2.45) is 0 Å². The van der Waals surface area contributed by atoms with E-state index in [4.69, 9.17) is 4.74 Å². The molecule has 0 amide bonds. The number of hydrogen-bond donors (Lipinski definition) is 1. The molecule has 1 N–H and O–H groups in total. The molecule has 0 bridgehead atoms. The van der Waals surface area contributed by atoms with Crippen molar-refractivity contribution < 1.29 is 26.8 Å². The molecule has 0 saturated carbocycles. The molecule has 0 spiro atoms. The highest BCUT2D eigenvalue weighted by Gasteiger charge is 2.35. The summed E-state index contributed by atoms with van der Waals surface area (Å²) >= 11 is 0. The maximum Gasteiger partial charge on any atom is 0.126 e. The number of ether oxygens (including phenoxy) is 1. The highest BCUT2D eigenvalue weighted by Crippen LogP contribution is 2.50. The Hall–Kier alpha value is -0.270. The third kappa shape index (κ3) is 4.36. The van der Waals surface area contributed by atoms with Crippen molar-refractivity contribution in [1.82, 2.24) is 0 Å². The number of aromatic hydroxyl groups is 1. The van der Waals surface area contributed by atoms with E-state index in [0.29, 0.717) is 5.75 Å². The van der Waals surface area contributed by atoms with Gasteiger partial charge in [0.15, 0.2) is 0 Å². The molecule has 1 aliphatic rings. The topological polar surface area (TPSA) is 29.5 Å². The zero-order valence-corrected chi connectivity index (χ0v) is 16.6. The Balaban J connectivity index is 0.00000220. The normalized spacial score (nSPS) is 21.2. The van der Waals surface area contributed by atoms with Crippen LogP contribution in [-0.2, 0) is 6.42 Å². The number of phenols is 1.